The average molecular weight is 386 g/mol. The summed E-state index contributed by atoms with van der Waals surface area (Å²) in [7, 11) is 3.79. The number of rotatable bonds is 3. The van der Waals surface area contributed by atoms with Gasteiger partial charge in [-0.05, 0) is 51.7 Å². The van der Waals surface area contributed by atoms with Gasteiger partial charge in [0.2, 0.25) is 0 Å². The van der Waals surface area contributed by atoms with Crippen LogP contribution in [0.15, 0.2) is 29.1 Å². The van der Waals surface area contributed by atoms with E-state index in [1.54, 1.807) is 9.47 Å². The van der Waals surface area contributed by atoms with Crippen molar-refractivity contribution in [1.82, 2.24) is 14.5 Å². The first kappa shape index (κ1) is 20.2. The number of piperidine rings is 1. The van der Waals surface area contributed by atoms with E-state index in [9.17, 15) is 9.59 Å². The van der Waals surface area contributed by atoms with E-state index < -0.39 is 5.60 Å². The van der Waals surface area contributed by atoms with Gasteiger partial charge in [-0.1, -0.05) is 12.1 Å². The maximum atomic E-state index is 12.7. The Hall–Kier alpha value is -2.57. The Morgan fingerprint density at radius 1 is 1.21 bits per heavy atom. The number of carbonyl (C=O) groups excluding carboxylic acids is 1. The summed E-state index contributed by atoms with van der Waals surface area (Å²) in [6, 6.07) is 7.88. The largest absolute Gasteiger partial charge is 0.444 e. The highest BCUT2D eigenvalue weighted by Gasteiger charge is 2.27. The van der Waals surface area contributed by atoms with Gasteiger partial charge in [0.1, 0.15) is 11.4 Å². The van der Waals surface area contributed by atoms with E-state index in [-0.39, 0.29) is 11.8 Å². The van der Waals surface area contributed by atoms with Gasteiger partial charge in [0.05, 0.1) is 5.52 Å². The predicted octanol–water partition coefficient (Wildman–Crippen LogP) is 3.11. The molecule has 2 aromatic rings. The molecule has 0 radical (unpaired) electrons. The van der Waals surface area contributed by atoms with Crippen molar-refractivity contribution in [2.45, 2.75) is 45.8 Å². The van der Waals surface area contributed by atoms with Crippen molar-refractivity contribution in [1.29, 1.82) is 0 Å². The molecular formula is C21H30N4O3. The molecule has 7 heteroatoms. The van der Waals surface area contributed by atoms with Crippen LogP contribution >= 0.6 is 0 Å². The Morgan fingerprint density at radius 2 is 1.86 bits per heavy atom. The van der Waals surface area contributed by atoms with E-state index in [4.69, 9.17) is 4.74 Å². The van der Waals surface area contributed by atoms with Gasteiger partial charge in [-0.3, -0.25) is 4.57 Å². The minimum Gasteiger partial charge on any atom is -0.444 e. The van der Waals surface area contributed by atoms with Crippen molar-refractivity contribution in [3.8, 4) is 0 Å². The predicted molar refractivity (Wildman–Crippen MR) is 111 cm³/mol. The number of likely N-dealkylation sites (tertiary alicyclic amines) is 1. The molecule has 3 rings (SSSR count). The summed E-state index contributed by atoms with van der Waals surface area (Å²) in [5, 5.41) is 0.971. The van der Waals surface area contributed by atoms with E-state index in [2.05, 4.69) is 4.98 Å². The summed E-state index contributed by atoms with van der Waals surface area (Å²) in [5.41, 5.74) is 0.192. The minimum atomic E-state index is -0.486. The zero-order valence-electron chi connectivity index (χ0n) is 17.4. The second-order valence-corrected chi connectivity index (χ2v) is 8.65. The number of nitrogens with zero attached hydrogens (tertiary/aromatic N) is 4. The van der Waals surface area contributed by atoms with Crippen molar-refractivity contribution in [3.05, 3.63) is 34.7 Å². The minimum absolute atomic E-state index is 0.225. The van der Waals surface area contributed by atoms with E-state index in [1.807, 2.05) is 64.0 Å². The zero-order valence-corrected chi connectivity index (χ0v) is 17.4. The van der Waals surface area contributed by atoms with Crippen molar-refractivity contribution in [3.63, 3.8) is 0 Å². The van der Waals surface area contributed by atoms with E-state index in [0.29, 0.717) is 31.4 Å². The van der Waals surface area contributed by atoms with Crippen molar-refractivity contribution in [2.24, 2.45) is 5.92 Å². The summed E-state index contributed by atoms with van der Waals surface area (Å²) in [6.45, 7) is 7.53. The normalized spacial score (nSPS) is 15.7. The third-order valence-corrected chi connectivity index (χ3v) is 5.00. The number of benzene rings is 1. The summed E-state index contributed by atoms with van der Waals surface area (Å²) in [4.78, 5) is 32.9. The molecule has 0 aliphatic carbocycles. The third-order valence-electron chi connectivity index (χ3n) is 5.00. The molecule has 0 N–H and O–H groups in total. The lowest BCUT2D eigenvalue weighted by Crippen LogP contribution is -2.42. The lowest BCUT2D eigenvalue weighted by atomic mass is 9.96. The van der Waals surface area contributed by atoms with Crippen LogP contribution in [0.5, 0.6) is 0 Å². The monoisotopic (exact) mass is 386 g/mol. The second-order valence-electron chi connectivity index (χ2n) is 8.65. The Kier molecular flexibility index (Phi) is 5.63. The van der Waals surface area contributed by atoms with Crippen molar-refractivity contribution < 1.29 is 9.53 Å². The topological polar surface area (TPSA) is 67.7 Å². The van der Waals surface area contributed by atoms with E-state index in [1.165, 1.54) is 0 Å². The molecule has 1 fully saturated rings. The molecule has 2 heterocycles. The van der Waals surface area contributed by atoms with Gasteiger partial charge >= 0.3 is 11.8 Å². The fraction of sp³-hybridized carbons (Fsp3) is 0.571. The van der Waals surface area contributed by atoms with Gasteiger partial charge in [-0.25, -0.2) is 9.59 Å². The van der Waals surface area contributed by atoms with Gasteiger partial charge in [0, 0.05) is 39.1 Å². The maximum absolute atomic E-state index is 12.7. The molecular weight excluding hydrogens is 356 g/mol. The smallest absolute Gasteiger partial charge is 0.410 e. The van der Waals surface area contributed by atoms with Gasteiger partial charge < -0.3 is 14.5 Å². The van der Waals surface area contributed by atoms with Gasteiger partial charge in [-0.2, -0.15) is 4.98 Å². The Bertz CT molecular complexity index is 906. The van der Waals surface area contributed by atoms with Crippen LogP contribution < -0.4 is 10.6 Å². The van der Waals surface area contributed by atoms with Crippen LogP contribution in [0.2, 0.25) is 0 Å². The number of amides is 1. The first-order chi connectivity index (χ1) is 13.2. The fourth-order valence-electron chi connectivity index (χ4n) is 3.61. The summed E-state index contributed by atoms with van der Waals surface area (Å²) >= 11 is 0. The number of hydrogen-bond donors (Lipinski definition) is 0. The van der Waals surface area contributed by atoms with Crippen LogP contribution in [0.25, 0.3) is 10.9 Å². The highest BCUT2D eigenvalue weighted by atomic mass is 16.6. The number of fused-ring (bicyclic) bond motifs is 1. The average Bonchev–Trinajstić information content (AvgIpc) is 2.62. The number of hydrogen-bond acceptors (Lipinski definition) is 5. The number of aromatic nitrogens is 2. The van der Waals surface area contributed by atoms with Gasteiger partial charge in [-0.15, -0.1) is 0 Å². The lowest BCUT2D eigenvalue weighted by molar-refractivity contribution is 0.0178. The number of ether oxygens (including phenoxy) is 1. The third kappa shape index (κ3) is 4.46. The van der Waals surface area contributed by atoms with E-state index >= 15 is 0 Å². The van der Waals surface area contributed by atoms with Crippen LogP contribution in [0.1, 0.15) is 33.6 Å². The standard InChI is InChI=1S/C21H30N4O3/c1-21(2,3)28-20(27)24-12-10-15(11-13-24)14-25-17-9-7-6-8-16(17)18(23(4)5)22-19(25)26/h6-9,15H,10-14H2,1-5H3. The van der Waals surface area contributed by atoms with Crippen LogP contribution in [0.3, 0.4) is 0 Å². The molecule has 152 valence electrons. The van der Waals surface area contributed by atoms with Gasteiger partial charge in [0.15, 0.2) is 0 Å². The quantitative estimate of drug-likeness (QED) is 0.811. The molecule has 1 saturated heterocycles. The molecule has 0 saturated carbocycles. The number of carbonyl (C=O) groups is 1. The lowest BCUT2D eigenvalue weighted by Gasteiger charge is -2.33. The van der Waals surface area contributed by atoms with E-state index in [0.717, 1.165) is 23.7 Å². The van der Waals surface area contributed by atoms with Crippen molar-refractivity contribution >= 4 is 22.8 Å². The molecule has 1 aliphatic heterocycles. The first-order valence-corrected chi connectivity index (χ1v) is 9.80. The fourth-order valence-corrected chi connectivity index (χ4v) is 3.61. The molecule has 1 aromatic carbocycles. The molecule has 0 bridgehead atoms. The Balaban J connectivity index is 1.75. The molecule has 1 aromatic heterocycles. The molecule has 0 unspecified atom stereocenters. The molecule has 1 aliphatic rings. The maximum Gasteiger partial charge on any atom is 0.410 e. The Labute approximate surface area is 165 Å². The molecule has 28 heavy (non-hydrogen) atoms. The van der Waals surface area contributed by atoms with Crippen molar-refractivity contribution in [2.75, 3.05) is 32.1 Å². The molecule has 1 amide bonds. The highest BCUT2D eigenvalue weighted by molar-refractivity contribution is 5.89. The van der Waals surface area contributed by atoms with Crippen LogP contribution in [0, 0.1) is 5.92 Å². The van der Waals surface area contributed by atoms with Crippen LogP contribution in [0.4, 0.5) is 10.6 Å². The summed E-state index contributed by atoms with van der Waals surface area (Å²) < 4.78 is 7.23. The second kappa shape index (κ2) is 7.81. The summed E-state index contributed by atoms with van der Waals surface area (Å²) in [5.74, 6) is 1.02. The highest BCUT2D eigenvalue weighted by Crippen LogP contribution is 2.25. The number of para-hydroxylation sites is 1. The molecule has 0 atom stereocenters. The SMILES string of the molecule is CN(C)c1nc(=O)n(CC2CCN(C(=O)OC(C)(C)C)CC2)c2ccccc12. The first-order valence-electron chi connectivity index (χ1n) is 9.80. The van der Waals surface area contributed by atoms with Gasteiger partial charge in [0.25, 0.3) is 0 Å². The zero-order chi connectivity index (χ0) is 20.5. The molecule has 0 spiro atoms. The number of anilines is 1. The summed E-state index contributed by atoms with van der Waals surface area (Å²) in [6.07, 6.45) is 1.43. The molecule has 7 nitrogen and oxygen atoms in total. The Morgan fingerprint density at radius 3 is 2.46 bits per heavy atom. The van der Waals surface area contributed by atoms with Crippen LogP contribution in [-0.4, -0.2) is 53.3 Å². The van der Waals surface area contributed by atoms with Crippen LogP contribution in [-0.2, 0) is 11.3 Å².